The summed E-state index contributed by atoms with van der Waals surface area (Å²) in [6.45, 7) is 1.49. The number of aromatic amines is 1. The Bertz CT molecular complexity index is 999. The van der Waals surface area contributed by atoms with Crippen LogP contribution in [-0.4, -0.2) is 46.5 Å². The Labute approximate surface area is 163 Å². The Morgan fingerprint density at radius 2 is 2.04 bits per heavy atom. The average Bonchev–Trinajstić information content (AvgIpc) is 3.17. The molecule has 0 bridgehead atoms. The number of amides is 1. The molecule has 0 atom stereocenters. The van der Waals surface area contributed by atoms with Crippen LogP contribution in [0.3, 0.4) is 0 Å². The highest BCUT2D eigenvalue weighted by Crippen LogP contribution is 2.26. The van der Waals surface area contributed by atoms with Crippen LogP contribution in [0.4, 0.5) is 0 Å². The number of carbonyl (C=O) groups excluding carboxylic acids is 1. The van der Waals surface area contributed by atoms with Gasteiger partial charge in [-0.15, -0.1) is 0 Å². The third-order valence-corrected chi connectivity index (χ3v) is 4.78. The van der Waals surface area contributed by atoms with Crippen molar-refractivity contribution in [2.45, 2.75) is 19.6 Å². The Kier molecular flexibility index (Phi) is 5.08. The van der Waals surface area contributed by atoms with E-state index in [1.54, 1.807) is 25.2 Å². The molecule has 1 amide bonds. The number of hydrogen-bond acceptors (Lipinski definition) is 5. The molecule has 1 aromatic carbocycles. The number of pyridine rings is 1. The second kappa shape index (κ2) is 7.82. The van der Waals surface area contributed by atoms with Gasteiger partial charge in [-0.3, -0.25) is 4.79 Å². The molecule has 0 saturated carbocycles. The van der Waals surface area contributed by atoms with E-state index in [1.165, 1.54) is 0 Å². The summed E-state index contributed by atoms with van der Waals surface area (Å²) in [4.78, 5) is 27.2. The molecule has 0 unspecified atom stereocenters. The summed E-state index contributed by atoms with van der Waals surface area (Å²) in [6, 6.07) is 13.2. The van der Waals surface area contributed by atoms with Gasteiger partial charge in [0.2, 0.25) is 0 Å². The van der Waals surface area contributed by atoms with Crippen molar-refractivity contribution in [2.24, 2.45) is 0 Å². The number of nitrogens with one attached hydrogen (secondary N) is 1. The second-order valence-corrected chi connectivity index (χ2v) is 6.67. The number of ether oxygens (including phenoxy) is 2. The monoisotopic (exact) mass is 378 g/mol. The van der Waals surface area contributed by atoms with E-state index < -0.39 is 0 Å². The minimum Gasteiger partial charge on any atom is -0.497 e. The summed E-state index contributed by atoms with van der Waals surface area (Å²) in [5, 5.41) is 0. The van der Waals surface area contributed by atoms with Crippen molar-refractivity contribution >= 4 is 5.91 Å². The van der Waals surface area contributed by atoms with Crippen LogP contribution in [0.25, 0.3) is 11.4 Å². The fourth-order valence-corrected chi connectivity index (χ4v) is 3.36. The van der Waals surface area contributed by atoms with Crippen LogP contribution in [0.5, 0.6) is 5.75 Å². The van der Waals surface area contributed by atoms with Gasteiger partial charge in [-0.25, -0.2) is 9.97 Å². The number of methoxy groups -OCH3 is 2. The molecule has 0 radical (unpaired) electrons. The number of H-pyrrole nitrogens is 1. The van der Waals surface area contributed by atoms with Gasteiger partial charge in [0.05, 0.1) is 37.3 Å². The maximum absolute atomic E-state index is 12.9. The van der Waals surface area contributed by atoms with Crippen molar-refractivity contribution in [3.8, 4) is 17.1 Å². The van der Waals surface area contributed by atoms with Crippen molar-refractivity contribution in [2.75, 3.05) is 20.8 Å². The number of carbonyl (C=O) groups is 1. The van der Waals surface area contributed by atoms with Crippen molar-refractivity contribution in [1.82, 2.24) is 19.9 Å². The van der Waals surface area contributed by atoms with Crippen LogP contribution < -0.4 is 4.74 Å². The highest BCUT2D eigenvalue weighted by Gasteiger charge is 2.25. The molecule has 0 fully saturated rings. The molecular weight excluding hydrogens is 356 g/mol. The van der Waals surface area contributed by atoms with Crippen molar-refractivity contribution in [3.05, 3.63) is 65.2 Å². The molecule has 7 heteroatoms. The molecule has 1 N–H and O–H groups in total. The van der Waals surface area contributed by atoms with Crippen molar-refractivity contribution in [1.29, 1.82) is 0 Å². The van der Waals surface area contributed by atoms with Crippen LogP contribution in [0.1, 0.15) is 27.6 Å². The van der Waals surface area contributed by atoms with Crippen molar-refractivity contribution in [3.63, 3.8) is 0 Å². The van der Waals surface area contributed by atoms with Gasteiger partial charge in [0, 0.05) is 25.6 Å². The van der Waals surface area contributed by atoms with E-state index in [2.05, 4.69) is 9.97 Å². The molecular formula is C21H22N4O3. The number of rotatable bonds is 5. The summed E-state index contributed by atoms with van der Waals surface area (Å²) in [7, 11) is 3.26. The zero-order valence-corrected chi connectivity index (χ0v) is 15.9. The zero-order valence-electron chi connectivity index (χ0n) is 15.9. The van der Waals surface area contributed by atoms with E-state index in [9.17, 15) is 4.79 Å². The number of hydrogen-bond donors (Lipinski definition) is 1. The number of imidazole rings is 1. The Balaban J connectivity index is 1.54. The van der Waals surface area contributed by atoms with Gasteiger partial charge in [0.15, 0.2) is 0 Å². The quantitative estimate of drug-likeness (QED) is 0.738. The van der Waals surface area contributed by atoms with E-state index in [-0.39, 0.29) is 5.91 Å². The molecule has 2 aromatic heterocycles. The maximum atomic E-state index is 12.9. The number of fused-ring (bicyclic) bond motifs is 1. The SMILES string of the molecule is COCc1cccc(C(=O)N2CCc3nc(-c4cccc(OC)c4)[nH]c3C2)n1. The van der Waals surface area contributed by atoms with Gasteiger partial charge in [0.25, 0.3) is 5.91 Å². The molecule has 1 aliphatic rings. The molecule has 28 heavy (non-hydrogen) atoms. The lowest BCUT2D eigenvalue weighted by Crippen LogP contribution is -2.36. The predicted molar refractivity (Wildman–Crippen MR) is 104 cm³/mol. The summed E-state index contributed by atoms with van der Waals surface area (Å²) in [6.07, 6.45) is 0.708. The van der Waals surface area contributed by atoms with E-state index in [0.717, 1.165) is 34.2 Å². The first-order chi connectivity index (χ1) is 13.7. The van der Waals surface area contributed by atoms with E-state index in [0.29, 0.717) is 31.8 Å². The molecule has 144 valence electrons. The Hall–Kier alpha value is -3.19. The number of benzene rings is 1. The minimum atomic E-state index is -0.0823. The molecule has 3 aromatic rings. The molecule has 1 aliphatic heterocycles. The van der Waals surface area contributed by atoms with Gasteiger partial charge in [-0.2, -0.15) is 0 Å². The highest BCUT2D eigenvalue weighted by molar-refractivity contribution is 5.92. The fourth-order valence-electron chi connectivity index (χ4n) is 3.36. The lowest BCUT2D eigenvalue weighted by atomic mass is 10.1. The number of aromatic nitrogens is 3. The van der Waals surface area contributed by atoms with Crippen LogP contribution in [0.2, 0.25) is 0 Å². The molecule has 0 spiro atoms. The number of nitrogens with zero attached hydrogens (tertiary/aromatic N) is 3. The van der Waals surface area contributed by atoms with Gasteiger partial charge in [-0.1, -0.05) is 18.2 Å². The van der Waals surface area contributed by atoms with Gasteiger partial charge in [0.1, 0.15) is 17.3 Å². The third-order valence-electron chi connectivity index (χ3n) is 4.78. The summed E-state index contributed by atoms with van der Waals surface area (Å²) in [5.41, 5.74) is 4.10. The largest absolute Gasteiger partial charge is 0.497 e. The maximum Gasteiger partial charge on any atom is 0.272 e. The highest BCUT2D eigenvalue weighted by atomic mass is 16.5. The lowest BCUT2D eigenvalue weighted by molar-refractivity contribution is 0.0725. The summed E-state index contributed by atoms with van der Waals surface area (Å²) >= 11 is 0. The topological polar surface area (TPSA) is 80.3 Å². The smallest absolute Gasteiger partial charge is 0.272 e. The minimum absolute atomic E-state index is 0.0823. The summed E-state index contributed by atoms with van der Waals surface area (Å²) in [5.74, 6) is 1.49. The first kappa shape index (κ1) is 18.2. The van der Waals surface area contributed by atoms with Crippen LogP contribution in [-0.2, 0) is 24.3 Å². The second-order valence-electron chi connectivity index (χ2n) is 6.67. The normalized spacial score (nSPS) is 13.3. The molecule has 0 aliphatic carbocycles. The van der Waals surface area contributed by atoms with Crippen LogP contribution in [0.15, 0.2) is 42.5 Å². The molecule has 3 heterocycles. The van der Waals surface area contributed by atoms with Crippen LogP contribution >= 0.6 is 0 Å². The Morgan fingerprint density at radius 1 is 1.18 bits per heavy atom. The van der Waals surface area contributed by atoms with Crippen LogP contribution in [0, 0.1) is 0 Å². The standard InChI is InChI=1S/C21H22N4O3/c1-27-13-15-6-4-8-18(22-15)21(26)25-10-9-17-19(12-25)24-20(23-17)14-5-3-7-16(11-14)28-2/h3-8,11H,9-10,12-13H2,1-2H3,(H,23,24). The first-order valence-corrected chi connectivity index (χ1v) is 9.14. The van der Waals surface area contributed by atoms with Gasteiger partial charge >= 0.3 is 0 Å². The summed E-state index contributed by atoms with van der Waals surface area (Å²) < 4.78 is 10.4. The lowest BCUT2D eigenvalue weighted by Gasteiger charge is -2.26. The first-order valence-electron chi connectivity index (χ1n) is 9.14. The zero-order chi connectivity index (χ0) is 19.5. The average molecular weight is 378 g/mol. The van der Waals surface area contributed by atoms with E-state index in [4.69, 9.17) is 14.5 Å². The Morgan fingerprint density at radius 3 is 2.86 bits per heavy atom. The van der Waals surface area contributed by atoms with E-state index >= 15 is 0 Å². The fraction of sp³-hybridized carbons (Fsp3) is 0.286. The van der Waals surface area contributed by atoms with E-state index in [1.807, 2.05) is 36.4 Å². The van der Waals surface area contributed by atoms with Crippen molar-refractivity contribution < 1.29 is 14.3 Å². The predicted octanol–water partition coefficient (Wildman–Crippen LogP) is 2.83. The third kappa shape index (κ3) is 3.61. The molecule has 7 nitrogen and oxygen atoms in total. The molecule has 4 rings (SSSR count). The van der Waals surface area contributed by atoms with Gasteiger partial charge < -0.3 is 19.4 Å². The molecule has 0 saturated heterocycles. The van der Waals surface area contributed by atoms with Gasteiger partial charge in [-0.05, 0) is 24.3 Å².